The fourth-order valence-corrected chi connectivity index (χ4v) is 5.54. The summed E-state index contributed by atoms with van der Waals surface area (Å²) in [6.07, 6.45) is -0.886. The number of carbonyl (C=O) groups excluding carboxylic acids is 1. The van der Waals surface area contributed by atoms with E-state index in [1.807, 2.05) is 42.2 Å². The number of benzene rings is 2. The van der Waals surface area contributed by atoms with Crippen LogP contribution in [0.3, 0.4) is 0 Å². The fraction of sp³-hybridized carbons (Fsp3) is 0.414. The van der Waals surface area contributed by atoms with Crippen molar-refractivity contribution in [3.05, 3.63) is 87.1 Å². The number of carbonyl (C=O) groups is 1. The molecule has 2 aromatic carbocycles. The average molecular weight is 656 g/mol. The number of nitrogens with zero attached hydrogens (tertiary/aromatic N) is 4. The zero-order valence-corrected chi connectivity index (χ0v) is 25.2. The molecule has 0 amide bonds. The molecule has 2 heterocycles. The van der Waals surface area contributed by atoms with E-state index in [1.165, 1.54) is 6.07 Å². The van der Waals surface area contributed by atoms with Crippen molar-refractivity contribution < 1.29 is 27.5 Å². The number of halogens is 5. The molecule has 41 heavy (non-hydrogen) atoms. The van der Waals surface area contributed by atoms with Gasteiger partial charge in [-0.3, -0.25) is 0 Å². The molecule has 0 N–H and O–H groups in total. The van der Waals surface area contributed by atoms with Gasteiger partial charge in [-0.25, -0.2) is 14.8 Å². The van der Waals surface area contributed by atoms with Crippen molar-refractivity contribution in [2.45, 2.75) is 77.0 Å². The van der Waals surface area contributed by atoms with Crippen LogP contribution in [0.1, 0.15) is 50.3 Å². The van der Waals surface area contributed by atoms with Gasteiger partial charge < -0.3 is 14.5 Å². The molecule has 0 saturated carbocycles. The number of hydrogen-bond acceptors (Lipinski definition) is 7. The Bertz CT molecular complexity index is 1310. The highest BCUT2D eigenvalue weighted by molar-refractivity contribution is 9.10. The first-order chi connectivity index (χ1) is 19.4. The van der Waals surface area contributed by atoms with E-state index in [-0.39, 0.29) is 29.8 Å². The van der Waals surface area contributed by atoms with E-state index in [0.29, 0.717) is 35.2 Å². The predicted molar refractivity (Wildman–Crippen MR) is 153 cm³/mol. The minimum absolute atomic E-state index is 0.0217. The zero-order chi connectivity index (χ0) is 29.7. The Hall–Kier alpha value is -2.89. The molecule has 0 aliphatic carbocycles. The normalized spacial score (nSPS) is 19.4. The Balaban J connectivity index is 1.78. The molecule has 12 heteroatoms. The maximum Gasteiger partial charge on any atom is 0.528 e. The van der Waals surface area contributed by atoms with Gasteiger partial charge in [-0.1, -0.05) is 48.9 Å². The van der Waals surface area contributed by atoms with Crippen molar-refractivity contribution in [3.63, 3.8) is 0 Å². The first-order valence-corrected chi connectivity index (χ1v) is 14.4. The lowest BCUT2D eigenvalue weighted by Crippen LogP contribution is -2.48. The lowest BCUT2D eigenvalue weighted by Gasteiger charge is -2.35. The van der Waals surface area contributed by atoms with Gasteiger partial charge in [0.15, 0.2) is 0 Å². The van der Waals surface area contributed by atoms with Crippen LogP contribution >= 0.6 is 27.5 Å². The number of hydroxylamine groups is 2. The van der Waals surface area contributed by atoms with Gasteiger partial charge in [0.05, 0.1) is 28.2 Å². The summed E-state index contributed by atoms with van der Waals surface area (Å²) >= 11 is 9.49. The van der Waals surface area contributed by atoms with Crippen LogP contribution in [0.5, 0.6) is 0 Å². The second kappa shape index (κ2) is 13.4. The Labute approximate surface area is 250 Å². The van der Waals surface area contributed by atoms with Gasteiger partial charge in [0, 0.05) is 30.0 Å². The molecule has 1 saturated heterocycles. The van der Waals surface area contributed by atoms with Crippen LogP contribution in [0.15, 0.2) is 65.4 Å². The molecule has 0 bridgehead atoms. The molecule has 7 nitrogen and oxygen atoms in total. The molecule has 1 aliphatic rings. The second-order valence-corrected chi connectivity index (χ2v) is 11.5. The molecule has 0 unspecified atom stereocenters. The number of aromatic nitrogens is 2. The van der Waals surface area contributed by atoms with Crippen LogP contribution in [0.4, 0.5) is 23.9 Å². The molecule has 1 aliphatic heterocycles. The number of ether oxygens (including phenoxy) is 1. The Kier molecular flexibility index (Phi) is 10.1. The highest BCUT2D eigenvalue weighted by atomic mass is 79.9. The van der Waals surface area contributed by atoms with Crippen LogP contribution in [-0.2, 0) is 28.7 Å². The number of anilines is 1. The van der Waals surface area contributed by atoms with Gasteiger partial charge >= 0.3 is 12.3 Å². The minimum Gasteiger partial charge on any atom is -0.430 e. The Morgan fingerprint density at radius 3 is 2.44 bits per heavy atom. The molecule has 1 aromatic heterocycles. The van der Waals surface area contributed by atoms with Crippen molar-refractivity contribution in [3.8, 4) is 0 Å². The first-order valence-electron chi connectivity index (χ1n) is 13.3. The van der Waals surface area contributed by atoms with Crippen molar-refractivity contribution in [2.24, 2.45) is 0 Å². The van der Waals surface area contributed by atoms with Crippen LogP contribution in [-0.4, -0.2) is 45.4 Å². The summed E-state index contributed by atoms with van der Waals surface area (Å²) in [6, 6.07) is 12.3. The highest BCUT2D eigenvalue weighted by Gasteiger charge is 2.47. The first kappa shape index (κ1) is 31.1. The molecule has 220 valence electrons. The third kappa shape index (κ3) is 8.11. The van der Waals surface area contributed by atoms with Crippen LogP contribution in [0, 0.1) is 0 Å². The maximum absolute atomic E-state index is 13.6. The summed E-state index contributed by atoms with van der Waals surface area (Å²) in [5, 5.41) is 1.65. The van der Waals surface area contributed by atoms with Crippen molar-refractivity contribution >= 4 is 39.6 Å². The van der Waals surface area contributed by atoms with Gasteiger partial charge in [0.2, 0.25) is 5.95 Å². The van der Waals surface area contributed by atoms with Crippen LogP contribution < -0.4 is 4.90 Å². The molecular formula is C29H31BrClF3N4O3. The quantitative estimate of drug-likeness (QED) is 0.218. The molecule has 0 radical (unpaired) electrons. The minimum atomic E-state index is -4.56. The van der Waals surface area contributed by atoms with Crippen molar-refractivity contribution in [1.29, 1.82) is 0 Å². The summed E-state index contributed by atoms with van der Waals surface area (Å²) < 4.78 is 46.9. The summed E-state index contributed by atoms with van der Waals surface area (Å²) in [7, 11) is 0. The monoisotopic (exact) mass is 654 g/mol. The van der Waals surface area contributed by atoms with Gasteiger partial charge in [0.1, 0.15) is 0 Å². The smallest absolute Gasteiger partial charge is 0.430 e. The van der Waals surface area contributed by atoms with Gasteiger partial charge in [-0.05, 0) is 78.4 Å². The summed E-state index contributed by atoms with van der Waals surface area (Å²) in [4.78, 5) is 29.3. The Morgan fingerprint density at radius 1 is 1.15 bits per heavy atom. The standard InChI is InChI=1S/C29H31BrClF3N4O3/c1-4-24-14-25(26(12-19-8-6-5-7-9-19)38(24)41-28(39)40-18(2)3)37(27-35-15-22(30)16-36-27)17-20-10-21(29(32,33)34)13-23(31)11-20/h5-11,13,15-16,18,24-26H,4,12,14,17H2,1-3H3/t24-,25+,26+/m1/s1. The fourth-order valence-electron chi connectivity index (χ4n) is 5.08. The molecular weight excluding hydrogens is 625 g/mol. The maximum atomic E-state index is 13.6. The zero-order valence-electron chi connectivity index (χ0n) is 22.8. The SMILES string of the molecule is CC[C@@H]1C[C@H](N(Cc2cc(Cl)cc(C(F)(F)F)c2)c2ncc(Br)cn2)[C@H](Cc2ccccc2)N1OC(=O)OC(C)C. The van der Waals surface area contributed by atoms with Crippen molar-refractivity contribution in [2.75, 3.05) is 4.90 Å². The molecule has 3 aromatic rings. The summed E-state index contributed by atoms with van der Waals surface area (Å²) in [5.41, 5.74) is 0.516. The third-order valence-corrected chi connectivity index (χ3v) is 7.44. The average Bonchev–Trinajstić information content (AvgIpc) is 3.23. The lowest BCUT2D eigenvalue weighted by molar-refractivity contribution is -0.165. The number of alkyl halides is 3. The van der Waals surface area contributed by atoms with Crippen LogP contribution in [0.25, 0.3) is 0 Å². The topological polar surface area (TPSA) is 67.8 Å². The van der Waals surface area contributed by atoms with E-state index in [4.69, 9.17) is 21.2 Å². The Morgan fingerprint density at radius 2 is 1.83 bits per heavy atom. The summed E-state index contributed by atoms with van der Waals surface area (Å²) in [5.74, 6) is 0.325. The molecule has 0 spiro atoms. The largest absolute Gasteiger partial charge is 0.528 e. The highest BCUT2D eigenvalue weighted by Crippen LogP contribution is 2.37. The van der Waals surface area contributed by atoms with E-state index < -0.39 is 23.9 Å². The van der Waals surface area contributed by atoms with E-state index in [9.17, 15) is 18.0 Å². The van der Waals surface area contributed by atoms with E-state index in [0.717, 1.165) is 17.7 Å². The van der Waals surface area contributed by atoms with E-state index in [1.54, 1.807) is 31.3 Å². The molecule has 1 fully saturated rings. The van der Waals surface area contributed by atoms with E-state index >= 15 is 0 Å². The molecule has 4 rings (SSSR count). The number of hydrogen-bond donors (Lipinski definition) is 0. The predicted octanol–water partition coefficient (Wildman–Crippen LogP) is 7.86. The second-order valence-electron chi connectivity index (χ2n) is 10.2. The molecule has 3 atom stereocenters. The van der Waals surface area contributed by atoms with Crippen molar-refractivity contribution in [1.82, 2.24) is 15.0 Å². The third-order valence-electron chi connectivity index (χ3n) is 6.82. The van der Waals surface area contributed by atoms with E-state index in [2.05, 4.69) is 25.9 Å². The van der Waals surface area contributed by atoms with Gasteiger partial charge in [0.25, 0.3) is 0 Å². The van der Waals surface area contributed by atoms with Gasteiger partial charge in [-0.15, -0.1) is 5.06 Å². The number of rotatable bonds is 9. The lowest BCUT2D eigenvalue weighted by atomic mass is 9.98. The van der Waals surface area contributed by atoms with Gasteiger partial charge in [-0.2, -0.15) is 13.2 Å². The summed E-state index contributed by atoms with van der Waals surface area (Å²) in [6.45, 7) is 5.50. The van der Waals surface area contributed by atoms with Crippen LogP contribution in [0.2, 0.25) is 5.02 Å².